The second kappa shape index (κ2) is 13.8. The number of hydrogen-bond acceptors (Lipinski definition) is 3. The van der Waals surface area contributed by atoms with Crippen LogP contribution in [0.5, 0.6) is 0 Å². The number of benzene rings is 4. The van der Waals surface area contributed by atoms with Gasteiger partial charge in [0.1, 0.15) is 0 Å². The van der Waals surface area contributed by atoms with Crippen LogP contribution in [0.1, 0.15) is 71.4 Å². The second-order valence-electron chi connectivity index (χ2n) is 11.3. The third-order valence-electron chi connectivity index (χ3n) is 7.56. The molecule has 0 aliphatic heterocycles. The van der Waals surface area contributed by atoms with Gasteiger partial charge in [0.05, 0.1) is 18.2 Å². The van der Waals surface area contributed by atoms with Crippen molar-refractivity contribution in [1.29, 1.82) is 0 Å². The Kier molecular flexibility index (Phi) is 7.34. The minimum atomic E-state index is -2.18. The molecule has 0 bridgehead atoms. The molecule has 0 saturated carbocycles. The summed E-state index contributed by atoms with van der Waals surface area (Å²) in [6.07, 6.45) is 4.38. The fourth-order valence-electron chi connectivity index (χ4n) is 5.36. The first-order valence-corrected chi connectivity index (χ1v) is 14.6. The Morgan fingerprint density at radius 3 is 2.24 bits per heavy atom. The van der Waals surface area contributed by atoms with E-state index in [2.05, 4.69) is 79.9 Å². The summed E-state index contributed by atoms with van der Waals surface area (Å²) in [7, 11) is 0. The summed E-state index contributed by atoms with van der Waals surface area (Å²) in [5.41, 5.74) is 8.79. The summed E-state index contributed by atoms with van der Waals surface area (Å²) >= 11 is 0. The van der Waals surface area contributed by atoms with E-state index in [-0.39, 0.29) is 31.2 Å². The smallest absolute Gasteiger partial charge is 0.0774 e. The van der Waals surface area contributed by atoms with Gasteiger partial charge in [-0.05, 0) is 53.2 Å². The Hall–Kier alpha value is -4.31. The number of pyridine rings is 1. The van der Waals surface area contributed by atoms with E-state index in [0.29, 0.717) is 34.7 Å². The van der Waals surface area contributed by atoms with Gasteiger partial charge in [-0.25, -0.2) is 0 Å². The zero-order valence-corrected chi connectivity index (χ0v) is 27.9. The van der Waals surface area contributed by atoms with Crippen molar-refractivity contribution < 1.29 is 34.1 Å². The summed E-state index contributed by atoms with van der Waals surface area (Å²) < 4.78 is 59.6. The summed E-state index contributed by atoms with van der Waals surface area (Å²) in [6.45, 7) is 4.59. The van der Waals surface area contributed by atoms with Crippen molar-refractivity contribution in [2.75, 3.05) is 0 Å². The van der Waals surface area contributed by atoms with Gasteiger partial charge in [-0.15, -0.1) is 41.5 Å². The van der Waals surface area contributed by atoms with Crippen LogP contribution in [0, 0.1) is 26.0 Å². The second-order valence-corrected chi connectivity index (χ2v) is 11.3. The maximum atomic E-state index is 7.91. The fraction of sp³-hybridized carbons (Fsp3) is 0.200. The number of aryl methyl sites for hydroxylation is 2. The number of rotatable bonds is 5. The van der Waals surface area contributed by atoms with Gasteiger partial charge < -0.3 is 14.0 Å². The molecular formula is C40H37IrN3O-2. The van der Waals surface area contributed by atoms with E-state index >= 15 is 0 Å². The van der Waals surface area contributed by atoms with Crippen molar-refractivity contribution in [2.24, 2.45) is 0 Å². The monoisotopic (exact) mass is 775 g/mol. The van der Waals surface area contributed by atoms with E-state index in [9.17, 15) is 0 Å². The van der Waals surface area contributed by atoms with Crippen LogP contribution in [-0.4, -0.2) is 14.5 Å². The number of aromatic nitrogens is 3. The topological polar surface area (TPSA) is 43.9 Å². The molecule has 0 saturated heterocycles. The van der Waals surface area contributed by atoms with E-state index in [1.54, 1.807) is 24.3 Å². The normalized spacial score (nSPS) is 14.0. The molecule has 0 unspecified atom stereocenters. The molecule has 5 heteroatoms. The van der Waals surface area contributed by atoms with Crippen molar-refractivity contribution in [3.05, 3.63) is 138 Å². The van der Waals surface area contributed by atoms with Crippen LogP contribution in [0.2, 0.25) is 0 Å². The van der Waals surface area contributed by atoms with Crippen LogP contribution in [0.15, 0.2) is 108 Å². The molecule has 229 valence electrons. The van der Waals surface area contributed by atoms with Crippen LogP contribution in [0.25, 0.3) is 50.3 Å². The molecular weight excluding hydrogens is 731 g/mol. The Morgan fingerprint density at radius 2 is 1.58 bits per heavy atom. The van der Waals surface area contributed by atoms with Crippen molar-refractivity contribution in [2.45, 2.75) is 53.2 Å². The average Bonchev–Trinajstić information content (AvgIpc) is 3.68. The molecule has 0 aliphatic rings. The van der Waals surface area contributed by atoms with Crippen molar-refractivity contribution in [3.63, 3.8) is 0 Å². The Bertz CT molecular complexity index is 2220. The van der Waals surface area contributed by atoms with E-state index in [0.717, 1.165) is 27.8 Å². The van der Waals surface area contributed by atoms with Crippen molar-refractivity contribution in [3.8, 4) is 28.3 Å². The average molecular weight is 775 g/mol. The van der Waals surface area contributed by atoms with Crippen LogP contribution < -0.4 is 0 Å². The van der Waals surface area contributed by atoms with Crippen molar-refractivity contribution in [1.82, 2.24) is 14.5 Å². The van der Waals surface area contributed by atoms with Crippen LogP contribution in [-0.2, 0) is 20.1 Å². The summed E-state index contributed by atoms with van der Waals surface area (Å²) in [5.74, 6) is 1.53. The summed E-state index contributed by atoms with van der Waals surface area (Å²) in [4.78, 5) is 9.11. The fourth-order valence-corrected chi connectivity index (χ4v) is 5.36. The molecule has 7 rings (SSSR count). The van der Waals surface area contributed by atoms with Gasteiger partial charge in [0.25, 0.3) is 0 Å². The Balaban J connectivity index is 0.000000217. The van der Waals surface area contributed by atoms with Crippen LogP contribution >= 0.6 is 0 Å². The standard InChI is InChI=1S/C27H25N2O.C13H12N.Ir/c1-17(2)19-11-9-12-20(18(3)4)26(19)29-24-14-7-6-13-23(24)28-27(29)22-16-30-25-15-8-5-10-21(22)25;1-10-3-6-12(7-4-10)13-8-5-11(2)9-14-13;/h5-15,17-18H,1-4H3;3-6,8-9H,1-2H3;/q2*-1;/i8D;1D3,2D3;. The largest absolute Gasteiger partial charge is 0.557 e. The van der Waals surface area contributed by atoms with Gasteiger partial charge >= 0.3 is 0 Å². The minimum absolute atomic E-state index is 0. The van der Waals surface area contributed by atoms with Gasteiger partial charge in [-0.3, -0.25) is 4.98 Å². The van der Waals surface area contributed by atoms with Gasteiger partial charge in [0.2, 0.25) is 0 Å². The molecule has 3 aromatic heterocycles. The Labute approximate surface area is 289 Å². The predicted molar refractivity (Wildman–Crippen MR) is 181 cm³/mol. The molecule has 4 nitrogen and oxygen atoms in total. The number of hydrogen-bond donors (Lipinski definition) is 0. The first-order chi connectivity index (χ1) is 24.1. The zero-order chi connectivity index (χ0) is 36.7. The number of imidazole rings is 1. The first kappa shape index (κ1) is 24.0. The maximum Gasteiger partial charge on any atom is 0.0774 e. The van der Waals surface area contributed by atoms with Gasteiger partial charge in [0.15, 0.2) is 0 Å². The molecule has 4 aromatic carbocycles. The molecule has 0 atom stereocenters. The van der Waals surface area contributed by atoms with Gasteiger partial charge in [0, 0.05) is 52.1 Å². The minimum Gasteiger partial charge on any atom is -0.557 e. The van der Waals surface area contributed by atoms with E-state index in [1.165, 1.54) is 41.2 Å². The third kappa shape index (κ3) is 6.56. The molecule has 0 amide bonds. The van der Waals surface area contributed by atoms with E-state index in [1.807, 2.05) is 18.2 Å². The molecule has 45 heavy (non-hydrogen) atoms. The molecule has 3 heterocycles. The Morgan fingerprint density at radius 1 is 0.822 bits per heavy atom. The maximum absolute atomic E-state index is 7.91. The van der Waals surface area contributed by atoms with Crippen molar-refractivity contribution >= 4 is 22.0 Å². The molecule has 0 spiro atoms. The van der Waals surface area contributed by atoms with E-state index < -0.39 is 13.7 Å². The van der Waals surface area contributed by atoms with Gasteiger partial charge in [-0.2, -0.15) is 0 Å². The molecule has 0 N–H and O–H groups in total. The molecule has 1 radical (unpaired) electrons. The molecule has 7 aromatic rings. The molecule has 0 fully saturated rings. The number of furan rings is 1. The summed E-state index contributed by atoms with van der Waals surface area (Å²) in [5, 5.41) is 0.917. The molecule has 0 aliphatic carbocycles. The zero-order valence-electron chi connectivity index (χ0n) is 32.5. The first-order valence-electron chi connectivity index (χ1n) is 18.1. The predicted octanol–water partition coefficient (Wildman–Crippen LogP) is 10.6. The quantitative estimate of drug-likeness (QED) is 0.164. The van der Waals surface area contributed by atoms with Crippen LogP contribution in [0.4, 0.5) is 0 Å². The summed E-state index contributed by atoms with van der Waals surface area (Å²) in [6, 6.07) is 31.1. The van der Waals surface area contributed by atoms with E-state index in [4.69, 9.17) is 19.0 Å². The number of fused-ring (bicyclic) bond motifs is 2. The number of para-hydroxylation sites is 4. The van der Waals surface area contributed by atoms with Crippen LogP contribution in [0.3, 0.4) is 0 Å². The van der Waals surface area contributed by atoms with Gasteiger partial charge in [-0.1, -0.05) is 106 Å². The third-order valence-corrected chi connectivity index (χ3v) is 7.56. The number of nitrogens with zero attached hydrogens (tertiary/aromatic N) is 3. The SMILES string of the molecule is [2H]C([2H])([2H])c1c[c-]c(-c2ccc(C([2H])([2H])[2H])cn2)cc1.[2H]c1ccc2c(-c3nc4ccccc4n3-c3c(C(C)C)cccc3C(C)C)[c-]oc2c1.[Ir].